The maximum atomic E-state index is 12.6. The highest BCUT2D eigenvalue weighted by molar-refractivity contribution is 5.67. The molecule has 1 heterocycles. The van der Waals surface area contributed by atoms with Gasteiger partial charge in [-0.3, -0.25) is 0 Å². The summed E-state index contributed by atoms with van der Waals surface area (Å²) in [6, 6.07) is 4.11. The van der Waals surface area contributed by atoms with Crippen LogP contribution in [0.1, 0.15) is 25.7 Å². The number of rotatable bonds is 5. The van der Waals surface area contributed by atoms with Gasteiger partial charge in [-0.05, 0) is 49.8 Å². The number of anilines is 1. The molecule has 0 radical (unpaired) electrons. The average Bonchev–Trinajstić information content (AvgIpc) is 3.00. The number of halogens is 3. The van der Waals surface area contributed by atoms with Crippen LogP contribution in [0.5, 0.6) is 5.75 Å². The Labute approximate surface area is 146 Å². The topological polar surface area (TPSA) is 106 Å². The molecule has 10 heteroatoms. The van der Waals surface area contributed by atoms with Gasteiger partial charge in [-0.2, -0.15) is 0 Å². The average molecular weight is 372 g/mol. The molecule has 0 amide bonds. The highest BCUT2D eigenvalue weighted by Crippen LogP contribution is 2.34. The maximum absolute atomic E-state index is 12.6. The molecule has 3 rings (SSSR count). The van der Waals surface area contributed by atoms with Crippen LogP contribution < -0.4 is 21.5 Å². The molecule has 142 valence electrons. The Kier molecular flexibility index (Phi) is 5.21. The summed E-state index contributed by atoms with van der Waals surface area (Å²) in [4.78, 5) is 11.1. The van der Waals surface area contributed by atoms with Gasteiger partial charge >= 0.3 is 12.1 Å². The molecule has 1 aliphatic rings. The highest BCUT2D eigenvalue weighted by atomic mass is 19.4. The number of nitrogens with one attached hydrogen (secondary N) is 2. The first-order valence-corrected chi connectivity index (χ1v) is 8.25. The Hall–Kier alpha value is -2.49. The molecular formula is C16H19F3N4O3. The summed E-state index contributed by atoms with van der Waals surface area (Å²) >= 11 is 0. The van der Waals surface area contributed by atoms with E-state index in [1.807, 2.05) is 0 Å². The quantitative estimate of drug-likeness (QED) is 0.745. The molecule has 1 aromatic heterocycles. The normalized spacial score (nSPS) is 20.8. The zero-order valence-corrected chi connectivity index (χ0v) is 13.8. The summed E-state index contributed by atoms with van der Waals surface area (Å²) < 4.78 is 46.9. The van der Waals surface area contributed by atoms with E-state index < -0.39 is 12.1 Å². The summed E-state index contributed by atoms with van der Waals surface area (Å²) in [7, 11) is 0. The summed E-state index contributed by atoms with van der Waals surface area (Å²) in [6.07, 6.45) is -1.18. The monoisotopic (exact) mass is 372 g/mol. The van der Waals surface area contributed by atoms with Gasteiger partial charge in [-0.15, -0.1) is 18.3 Å². The minimum atomic E-state index is -4.81. The van der Waals surface area contributed by atoms with Crippen molar-refractivity contribution >= 4 is 5.69 Å². The van der Waals surface area contributed by atoms with Crippen LogP contribution in [0.3, 0.4) is 0 Å². The minimum Gasteiger partial charge on any atom is -0.404 e. The molecule has 1 saturated carbocycles. The number of nitrogens with zero attached hydrogens (tertiary/aromatic N) is 1. The van der Waals surface area contributed by atoms with E-state index in [1.54, 1.807) is 0 Å². The fraction of sp³-hybridized carbons (Fsp3) is 0.500. The lowest BCUT2D eigenvalue weighted by Crippen LogP contribution is -2.29. The van der Waals surface area contributed by atoms with E-state index in [2.05, 4.69) is 20.3 Å². The second-order valence-electron chi connectivity index (χ2n) is 6.34. The molecule has 2 aromatic rings. The summed E-state index contributed by atoms with van der Waals surface area (Å²) in [5.41, 5.74) is 6.38. The molecule has 0 atom stereocenters. The molecule has 1 fully saturated rings. The summed E-state index contributed by atoms with van der Waals surface area (Å²) in [5, 5.41) is 8.81. The summed E-state index contributed by atoms with van der Waals surface area (Å²) in [6.45, 7) is 0.495. The molecule has 0 spiro atoms. The van der Waals surface area contributed by atoms with Gasteiger partial charge in [-0.25, -0.2) is 9.89 Å². The van der Waals surface area contributed by atoms with Crippen molar-refractivity contribution in [3.05, 3.63) is 28.7 Å². The highest BCUT2D eigenvalue weighted by Gasteiger charge is 2.32. The predicted molar refractivity (Wildman–Crippen MR) is 87.7 cm³/mol. The Morgan fingerprint density at radius 3 is 2.65 bits per heavy atom. The van der Waals surface area contributed by atoms with Gasteiger partial charge in [-0.1, -0.05) is 0 Å². The lowest BCUT2D eigenvalue weighted by molar-refractivity contribution is -0.274. The van der Waals surface area contributed by atoms with Gasteiger partial charge in [0, 0.05) is 18.2 Å². The van der Waals surface area contributed by atoms with E-state index in [0.29, 0.717) is 18.0 Å². The number of nitrogens with two attached hydrogens (primary N) is 1. The van der Waals surface area contributed by atoms with Gasteiger partial charge in [0.05, 0.1) is 5.69 Å². The lowest BCUT2D eigenvalue weighted by Gasteiger charge is -2.27. The van der Waals surface area contributed by atoms with Gasteiger partial charge in [0.2, 0.25) is 5.89 Å². The van der Waals surface area contributed by atoms with Crippen LogP contribution in [0.15, 0.2) is 27.4 Å². The molecule has 0 unspecified atom stereocenters. The SMILES string of the molecule is NC1CCC(CNc2cc(-c3n[nH]c(=O)o3)ccc2OC(F)(F)F)CC1. The molecule has 0 aliphatic heterocycles. The van der Waals surface area contributed by atoms with E-state index in [4.69, 9.17) is 10.2 Å². The molecule has 0 bridgehead atoms. The maximum Gasteiger partial charge on any atom is 0.573 e. The van der Waals surface area contributed by atoms with E-state index >= 15 is 0 Å². The zero-order valence-electron chi connectivity index (χ0n) is 13.8. The zero-order chi connectivity index (χ0) is 18.7. The molecule has 26 heavy (non-hydrogen) atoms. The Morgan fingerprint density at radius 2 is 2.04 bits per heavy atom. The molecule has 0 saturated heterocycles. The van der Waals surface area contributed by atoms with Crippen molar-refractivity contribution < 1.29 is 22.3 Å². The largest absolute Gasteiger partial charge is 0.573 e. The van der Waals surface area contributed by atoms with E-state index in [-0.39, 0.29) is 23.4 Å². The first kappa shape index (κ1) is 18.3. The van der Waals surface area contributed by atoms with Crippen molar-refractivity contribution in [2.45, 2.75) is 38.1 Å². The van der Waals surface area contributed by atoms with Crippen LogP contribution in [0.2, 0.25) is 0 Å². The second-order valence-corrected chi connectivity index (χ2v) is 6.34. The minimum absolute atomic E-state index is 0.0137. The number of ether oxygens (including phenoxy) is 1. The van der Waals surface area contributed by atoms with Crippen molar-refractivity contribution in [1.82, 2.24) is 10.2 Å². The molecule has 1 aliphatic carbocycles. The lowest BCUT2D eigenvalue weighted by atomic mass is 9.86. The van der Waals surface area contributed by atoms with Gasteiger partial charge in [0.25, 0.3) is 0 Å². The van der Waals surface area contributed by atoms with Crippen molar-refractivity contribution in [2.75, 3.05) is 11.9 Å². The molecule has 4 N–H and O–H groups in total. The predicted octanol–water partition coefficient (Wildman–Crippen LogP) is 2.86. The Bertz CT molecular complexity index is 795. The van der Waals surface area contributed by atoms with Crippen molar-refractivity contribution in [3.63, 3.8) is 0 Å². The van der Waals surface area contributed by atoms with Crippen molar-refractivity contribution in [3.8, 4) is 17.2 Å². The molecular weight excluding hydrogens is 353 g/mol. The van der Waals surface area contributed by atoms with Crippen LogP contribution in [-0.2, 0) is 0 Å². The molecule has 1 aromatic carbocycles. The van der Waals surface area contributed by atoms with Crippen LogP contribution in [0, 0.1) is 5.92 Å². The third-order valence-electron chi connectivity index (χ3n) is 4.36. The number of aromatic amines is 1. The van der Waals surface area contributed by atoms with Gasteiger partial charge < -0.3 is 20.2 Å². The van der Waals surface area contributed by atoms with E-state index in [1.165, 1.54) is 12.1 Å². The summed E-state index contributed by atoms with van der Waals surface area (Å²) in [5.74, 6) is -0.795. The number of hydrogen-bond acceptors (Lipinski definition) is 6. The smallest absolute Gasteiger partial charge is 0.404 e. The first-order valence-electron chi connectivity index (χ1n) is 8.25. The van der Waals surface area contributed by atoms with Crippen molar-refractivity contribution in [2.24, 2.45) is 11.7 Å². The number of hydrogen-bond donors (Lipinski definition) is 3. The molecule has 7 nitrogen and oxygen atoms in total. The number of alkyl halides is 3. The third-order valence-corrected chi connectivity index (χ3v) is 4.36. The van der Waals surface area contributed by atoms with Gasteiger partial charge in [0.15, 0.2) is 5.75 Å². The Morgan fingerprint density at radius 1 is 1.31 bits per heavy atom. The fourth-order valence-electron chi connectivity index (χ4n) is 3.01. The van der Waals surface area contributed by atoms with Gasteiger partial charge in [0.1, 0.15) is 0 Å². The number of aromatic nitrogens is 2. The number of benzene rings is 1. The number of H-pyrrole nitrogens is 1. The van der Waals surface area contributed by atoms with Crippen molar-refractivity contribution in [1.29, 1.82) is 0 Å². The fourth-order valence-corrected chi connectivity index (χ4v) is 3.01. The van der Waals surface area contributed by atoms with Crippen LogP contribution >= 0.6 is 0 Å². The van der Waals surface area contributed by atoms with E-state index in [0.717, 1.165) is 31.7 Å². The first-order chi connectivity index (χ1) is 12.3. The second kappa shape index (κ2) is 7.40. The van der Waals surface area contributed by atoms with E-state index in [9.17, 15) is 18.0 Å². The Balaban J connectivity index is 1.80. The van der Waals surface area contributed by atoms with Crippen LogP contribution in [0.4, 0.5) is 18.9 Å². The standard InChI is InChI=1S/C16H19F3N4O3/c17-16(18,19)26-13-6-3-10(14-22-23-15(24)25-14)7-12(13)21-8-9-1-4-11(20)5-2-9/h3,6-7,9,11,21H,1-2,4-5,8,20H2,(H,23,24). The van der Waals surface area contributed by atoms with Crippen LogP contribution in [-0.4, -0.2) is 29.1 Å². The third kappa shape index (κ3) is 4.78. The van der Waals surface area contributed by atoms with Crippen LogP contribution in [0.25, 0.3) is 11.5 Å².